The van der Waals surface area contributed by atoms with Crippen molar-refractivity contribution in [1.82, 2.24) is 19.1 Å². The number of rotatable bonds is 4. The molecule has 1 saturated carbocycles. The van der Waals surface area contributed by atoms with Gasteiger partial charge in [0.05, 0.1) is 20.0 Å². The van der Waals surface area contributed by atoms with Crippen LogP contribution in [0.1, 0.15) is 23.2 Å². The maximum absolute atomic E-state index is 13.1. The molecule has 10 nitrogen and oxygen atoms in total. The van der Waals surface area contributed by atoms with Gasteiger partial charge >= 0.3 is 0 Å². The van der Waals surface area contributed by atoms with E-state index in [2.05, 4.69) is 4.98 Å². The molecule has 0 radical (unpaired) electrons. The van der Waals surface area contributed by atoms with Crippen LogP contribution in [0.2, 0.25) is 0 Å². The highest BCUT2D eigenvalue weighted by molar-refractivity contribution is 7.89. The highest BCUT2D eigenvalue weighted by Crippen LogP contribution is 2.33. The van der Waals surface area contributed by atoms with Gasteiger partial charge in [0, 0.05) is 38.3 Å². The minimum Gasteiger partial charge on any atom is -0.481 e. The van der Waals surface area contributed by atoms with Gasteiger partial charge in [0.1, 0.15) is 11.6 Å². The molecule has 1 aromatic heterocycles. The van der Waals surface area contributed by atoms with E-state index in [4.69, 9.17) is 9.47 Å². The molecule has 1 atom stereocenters. The first kappa shape index (κ1) is 19.9. The van der Waals surface area contributed by atoms with Gasteiger partial charge in [0.15, 0.2) is 0 Å². The van der Waals surface area contributed by atoms with Crippen molar-refractivity contribution in [1.29, 1.82) is 0 Å². The number of carbonyl (C=O) groups is 2. The van der Waals surface area contributed by atoms with E-state index in [1.54, 1.807) is 17.0 Å². The highest BCUT2D eigenvalue weighted by Gasteiger charge is 2.48. The molecule has 11 heteroatoms. The van der Waals surface area contributed by atoms with Gasteiger partial charge in [-0.05, 0) is 18.9 Å². The third-order valence-electron chi connectivity index (χ3n) is 5.56. The monoisotopic (exact) mass is 424 g/mol. The van der Waals surface area contributed by atoms with E-state index in [1.165, 1.54) is 14.2 Å². The molecular formula is C18H24N4O6S. The molecule has 1 aromatic rings. The second kappa shape index (κ2) is 7.45. The molecule has 0 N–H and O–H groups in total. The summed E-state index contributed by atoms with van der Waals surface area (Å²) in [4.78, 5) is 33.8. The number of hydrogen-bond acceptors (Lipinski definition) is 8. The third kappa shape index (κ3) is 3.64. The molecule has 3 heterocycles. The number of methoxy groups -OCH3 is 2. The second-order valence-corrected chi connectivity index (χ2v) is 9.36. The Morgan fingerprint density at radius 3 is 2.55 bits per heavy atom. The van der Waals surface area contributed by atoms with E-state index in [1.807, 2.05) is 4.90 Å². The number of sulfonamides is 1. The molecular weight excluding hydrogens is 400 g/mol. The Kier molecular flexibility index (Phi) is 5.11. The predicted molar refractivity (Wildman–Crippen MR) is 102 cm³/mol. The summed E-state index contributed by atoms with van der Waals surface area (Å²) < 4.78 is 36.5. The number of carbonyl (C=O) groups excluding carboxylic acids is 2. The lowest BCUT2D eigenvalue weighted by atomic mass is 10.1. The molecule has 3 aliphatic rings. The highest BCUT2D eigenvalue weighted by atomic mass is 32.2. The first-order chi connectivity index (χ1) is 13.9. The first-order valence-corrected chi connectivity index (χ1v) is 11.1. The number of aromatic nitrogens is 1. The maximum Gasteiger partial charge on any atom is 0.259 e. The van der Waals surface area contributed by atoms with Crippen LogP contribution in [-0.4, -0.2) is 97.6 Å². The van der Waals surface area contributed by atoms with Crippen molar-refractivity contribution in [3.8, 4) is 11.8 Å². The average molecular weight is 424 g/mol. The lowest BCUT2D eigenvalue weighted by Crippen LogP contribution is -2.59. The van der Waals surface area contributed by atoms with Crippen molar-refractivity contribution in [2.75, 3.05) is 46.2 Å². The van der Waals surface area contributed by atoms with Crippen LogP contribution in [0.25, 0.3) is 0 Å². The van der Waals surface area contributed by atoms with Crippen molar-refractivity contribution < 1.29 is 27.5 Å². The molecule has 0 spiro atoms. The summed E-state index contributed by atoms with van der Waals surface area (Å²) in [6, 6.07) is 2.26. The predicted octanol–water partition coefficient (Wildman–Crippen LogP) is -0.440. The van der Waals surface area contributed by atoms with Crippen LogP contribution < -0.4 is 9.47 Å². The quantitative estimate of drug-likeness (QED) is 0.640. The molecule has 3 fully saturated rings. The zero-order valence-electron chi connectivity index (χ0n) is 16.4. The Balaban J connectivity index is 1.58. The zero-order valence-corrected chi connectivity index (χ0v) is 17.2. The number of fused-ring (bicyclic) bond motifs is 1. The summed E-state index contributed by atoms with van der Waals surface area (Å²) in [5.74, 6) is -0.342. The number of amides is 2. The van der Waals surface area contributed by atoms with E-state index in [-0.39, 0.29) is 42.2 Å². The SMILES string of the molecule is COc1ccc(C(=O)N2CCN3CCS(=O)(=O)N(C4CC4)C(=O)C3C2)c(OC)n1. The van der Waals surface area contributed by atoms with Crippen LogP contribution in [0.5, 0.6) is 11.8 Å². The van der Waals surface area contributed by atoms with E-state index in [0.717, 1.165) is 4.31 Å². The van der Waals surface area contributed by atoms with E-state index in [9.17, 15) is 18.0 Å². The summed E-state index contributed by atoms with van der Waals surface area (Å²) in [5, 5.41) is 0. The summed E-state index contributed by atoms with van der Waals surface area (Å²) in [6.07, 6.45) is 1.41. The van der Waals surface area contributed by atoms with Gasteiger partial charge in [0.2, 0.25) is 21.8 Å². The van der Waals surface area contributed by atoms with Crippen LogP contribution in [-0.2, 0) is 14.8 Å². The Hall–Kier alpha value is -2.40. The summed E-state index contributed by atoms with van der Waals surface area (Å²) in [6.45, 7) is 1.24. The van der Waals surface area contributed by atoms with Crippen LogP contribution in [0.4, 0.5) is 0 Å². The molecule has 0 aromatic carbocycles. The van der Waals surface area contributed by atoms with Gasteiger partial charge in [-0.2, -0.15) is 4.98 Å². The van der Waals surface area contributed by atoms with Gasteiger partial charge in [0.25, 0.3) is 11.8 Å². The number of hydrogen-bond donors (Lipinski definition) is 0. The smallest absolute Gasteiger partial charge is 0.259 e. The van der Waals surface area contributed by atoms with Crippen molar-refractivity contribution >= 4 is 21.8 Å². The largest absolute Gasteiger partial charge is 0.481 e. The number of pyridine rings is 1. The Labute approximate surface area is 169 Å². The fourth-order valence-corrected chi connectivity index (χ4v) is 5.59. The van der Waals surface area contributed by atoms with Crippen LogP contribution in [0, 0.1) is 0 Å². The minimum atomic E-state index is -3.62. The lowest BCUT2D eigenvalue weighted by Gasteiger charge is -2.39. The normalized spacial score (nSPS) is 24.6. The topological polar surface area (TPSA) is 109 Å². The van der Waals surface area contributed by atoms with Crippen molar-refractivity contribution in [2.45, 2.75) is 24.9 Å². The van der Waals surface area contributed by atoms with E-state index in [0.29, 0.717) is 31.8 Å². The fourth-order valence-electron chi connectivity index (χ4n) is 3.86. The average Bonchev–Trinajstić information content (AvgIpc) is 3.55. The van der Waals surface area contributed by atoms with Crippen LogP contribution in [0.15, 0.2) is 12.1 Å². The molecule has 1 unspecified atom stereocenters. The summed E-state index contributed by atoms with van der Waals surface area (Å²) in [5.41, 5.74) is 0.273. The molecule has 0 bridgehead atoms. The van der Waals surface area contributed by atoms with E-state index < -0.39 is 22.0 Å². The molecule has 2 saturated heterocycles. The maximum atomic E-state index is 13.1. The Bertz CT molecular complexity index is 932. The number of nitrogens with zero attached hydrogens (tertiary/aromatic N) is 4. The molecule has 4 rings (SSSR count). The lowest BCUT2D eigenvalue weighted by molar-refractivity contribution is -0.133. The van der Waals surface area contributed by atoms with Crippen molar-refractivity contribution in [2.24, 2.45) is 0 Å². The van der Waals surface area contributed by atoms with E-state index >= 15 is 0 Å². The standard InChI is InChI=1S/C18H24N4O6S/c1-27-15-6-5-13(16(19-15)28-2)17(23)21-8-7-20-9-10-29(25,26)22(12-3-4-12)18(24)14(20)11-21/h5-6,12,14H,3-4,7-11H2,1-2H3. The van der Waals surface area contributed by atoms with Gasteiger partial charge in [-0.3, -0.25) is 14.5 Å². The molecule has 158 valence electrons. The van der Waals surface area contributed by atoms with Gasteiger partial charge < -0.3 is 14.4 Å². The first-order valence-electron chi connectivity index (χ1n) is 9.54. The fraction of sp³-hybridized carbons (Fsp3) is 0.611. The third-order valence-corrected chi connectivity index (χ3v) is 7.34. The van der Waals surface area contributed by atoms with Gasteiger partial charge in [-0.25, -0.2) is 12.7 Å². The van der Waals surface area contributed by atoms with Gasteiger partial charge in [-0.1, -0.05) is 0 Å². The number of piperazine rings is 1. The Morgan fingerprint density at radius 1 is 1.14 bits per heavy atom. The molecule has 2 aliphatic heterocycles. The molecule has 29 heavy (non-hydrogen) atoms. The van der Waals surface area contributed by atoms with Gasteiger partial charge in [-0.15, -0.1) is 0 Å². The summed E-state index contributed by atoms with van der Waals surface area (Å²) in [7, 11) is -0.725. The Morgan fingerprint density at radius 2 is 1.90 bits per heavy atom. The van der Waals surface area contributed by atoms with Crippen molar-refractivity contribution in [3.05, 3.63) is 17.7 Å². The molecule has 1 aliphatic carbocycles. The zero-order chi connectivity index (χ0) is 20.8. The second-order valence-electron chi connectivity index (χ2n) is 7.39. The van der Waals surface area contributed by atoms with Crippen molar-refractivity contribution in [3.63, 3.8) is 0 Å². The molecule has 2 amide bonds. The minimum absolute atomic E-state index is 0.0735. The van der Waals surface area contributed by atoms with Crippen LogP contribution >= 0.6 is 0 Å². The number of ether oxygens (including phenoxy) is 2. The van der Waals surface area contributed by atoms with Crippen LogP contribution in [0.3, 0.4) is 0 Å². The summed E-state index contributed by atoms with van der Waals surface area (Å²) >= 11 is 0.